The smallest absolute Gasteiger partial charge is 0.335 e. The minimum absolute atomic E-state index is 0.161. The number of carbonyl (C=O) groups excluding carboxylic acids is 1. The van der Waals surface area contributed by atoms with E-state index in [1.165, 1.54) is 24.3 Å². The Bertz CT molecular complexity index is 845. The van der Waals surface area contributed by atoms with Crippen molar-refractivity contribution in [2.75, 3.05) is 24.5 Å². The van der Waals surface area contributed by atoms with Gasteiger partial charge in [-0.3, -0.25) is 4.79 Å². The molecule has 0 saturated carbocycles. The summed E-state index contributed by atoms with van der Waals surface area (Å²) < 4.78 is 14.1. The molecular formula is C22H25FN2O3. The van der Waals surface area contributed by atoms with Crippen LogP contribution in [-0.4, -0.2) is 36.6 Å². The predicted molar refractivity (Wildman–Crippen MR) is 106 cm³/mol. The van der Waals surface area contributed by atoms with E-state index in [1.54, 1.807) is 18.2 Å². The summed E-state index contributed by atoms with van der Waals surface area (Å²) in [6.07, 6.45) is 3.22. The third-order valence-corrected chi connectivity index (χ3v) is 5.10. The Kier molecular flexibility index (Phi) is 6.29. The van der Waals surface area contributed by atoms with Gasteiger partial charge in [-0.05, 0) is 61.6 Å². The van der Waals surface area contributed by atoms with Crippen LogP contribution in [0.3, 0.4) is 0 Å². The van der Waals surface area contributed by atoms with Crippen molar-refractivity contribution in [3.05, 3.63) is 65.0 Å². The summed E-state index contributed by atoms with van der Waals surface area (Å²) in [6, 6.07) is 10.9. The van der Waals surface area contributed by atoms with Crippen molar-refractivity contribution in [3.63, 3.8) is 0 Å². The number of anilines is 1. The van der Waals surface area contributed by atoms with Gasteiger partial charge >= 0.3 is 5.97 Å². The third kappa shape index (κ3) is 4.32. The number of piperidine rings is 1. The number of carboxylic acid groups (broad SMARTS) is 1. The van der Waals surface area contributed by atoms with E-state index in [9.17, 15) is 14.0 Å². The largest absolute Gasteiger partial charge is 0.478 e. The molecule has 0 bridgehead atoms. The number of benzene rings is 2. The first kappa shape index (κ1) is 19.9. The molecule has 0 aliphatic carbocycles. The van der Waals surface area contributed by atoms with E-state index in [2.05, 4.69) is 10.2 Å². The minimum atomic E-state index is -1.02. The SMILES string of the molecule is CCNC(=O)C(c1ccc(C(=O)O)cc1)c1ccc(F)cc1N1CCCCC1. The van der Waals surface area contributed by atoms with Gasteiger partial charge in [0, 0.05) is 25.3 Å². The molecule has 0 spiro atoms. The van der Waals surface area contributed by atoms with Crippen molar-refractivity contribution in [1.29, 1.82) is 0 Å². The number of rotatable bonds is 6. The standard InChI is InChI=1S/C22H25FN2O3/c1-2-24-21(26)20(15-6-8-16(9-7-15)22(27)28)18-11-10-17(23)14-19(18)25-12-4-3-5-13-25/h6-11,14,20H,2-5,12-13H2,1H3,(H,24,26)(H,27,28). The molecule has 0 aromatic heterocycles. The molecule has 2 aromatic carbocycles. The van der Waals surface area contributed by atoms with Gasteiger partial charge in [0.25, 0.3) is 0 Å². The van der Waals surface area contributed by atoms with Crippen LogP contribution in [0.15, 0.2) is 42.5 Å². The fourth-order valence-electron chi connectivity index (χ4n) is 3.74. The summed E-state index contributed by atoms with van der Waals surface area (Å²) in [5.74, 6) is -2.17. The van der Waals surface area contributed by atoms with Crippen molar-refractivity contribution < 1.29 is 19.1 Å². The predicted octanol–water partition coefficient (Wildman–Crippen LogP) is 3.78. The first-order valence-corrected chi connectivity index (χ1v) is 9.66. The quantitative estimate of drug-likeness (QED) is 0.795. The van der Waals surface area contributed by atoms with E-state index in [1.807, 2.05) is 6.92 Å². The second-order valence-corrected chi connectivity index (χ2v) is 7.01. The van der Waals surface area contributed by atoms with E-state index in [4.69, 9.17) is 5.11 Å². The van der Waals surface area contributed by atoms with E-state index < -0.39 is 11.9 Å². The van der Waals surface area contributed by atoms with Crippen LogP contribution in [0.2, 0.25) is 0 Å². The molecule has 0 radical (unpaired) electrons. The van der Waals surface area contributed by atoms with Crippen LogP contribution < -0.4 is 10.2 Å². The molecule has 1 saturated heterocycles. The van der Waals surface area contributed by atoms with Gasteiger partial charge in [0.2, 0.25) is 5.91 Å². The fraction of sp³-hybridized carbons (Fsp3) is 0.364. The van der Waals surface area contributed by atoms with Gasteiger partial charge in [-0.15, -0.1) is 0 Å². The molecule has 1 atom stereocenters. The van der Waals surface area contributed by atoms with E-state index >= 15 is 0 Å². The second kappa shape index (κ2) is 8.87. The van der Waals surface area contributed by atoms with Crippen molar-refractivity contribution in [2.24, 2.45) is 0 Å². The van der Waals surface area contributed by atoms with Crippen molar-refractivity contribution in [2.45, 2.75) is 32.1 Å². The first-order chi connectivity index (χ1) is 13.5. The zero-order valence-electron chi connectivity index (χ0n) is 16.0. The van der Waals surface area contributed by atoms with Gasteiger partial charge in [0.15, 0.2) is 0 Å². The first-order valence-electron chi connectivity index (χ1n) is 9.66. The number of hydrogen-bond donors (Lipinski definition) is 2. The number of nitrogens with one attached hydrogen (secondary N) is 1. The number of nitrogens with zero attached hydrogens (tertiary/aromatic N) is 1. The van der Waals surface area contributed by atoms with Crippen LogP contribution in [-0.2, 0) is 4.79 Å². The summed E-state index contributed by atoms with van der Waals surface area (Å²) >= 11 is 0. The number of amides is 1. The lowest BCUT2D eigenvalue weighted by molar-refractivity contribution is -0.121. The van der Waals surface area contributed by atoms with Crippen LogP contribution >= 0.6 is 0 Å². The van der Waals surface area contributed by atoms with Gasteiger partial charge in [-0.1, -0.05) is 18.2 Å². The van der Waals surface area contributed by atoms with E-state index in [0.29, 0.717) is 12.1 Å². The molecule has 3 rings (SSSR count). The summed E-state index contributed by atoms with van der Waals surface area (Å²) in [7, 11) is 0. The average molecular weight is 384 g/mol. The summed E-state index contributed by atoms with van der Waals surface area (Å²) in [6.45, 7) is 3.98. The van der Waals surface area contributed by atoms with Crippen LogP contribution in [0.25, 0.3) is 0 Å². The average Bonchev–Trinajstić information content (AvgIpc) is 2.70. The molecular weight excluding hydrogens is 359 g/mol. The Hall–Kier alpha value is -2.89. The van der Waals surface area contributed by atoms with Gasteiger partial charge < -0.3 is 15.3 Å². The molecule has 1 fully saturated rings. The Morgan fingerprint density at radius 2 is 1.79 bits per heavy atom. The fourth-order valence-corrected chi connectivity index (χ4v) is 3.74. The minimum Gasteiger partial charge on any atom is -0.478 e. The van der Waals surface area contributed by atoms with E-state index in [0.717, 1.165) is 43.6 Å². The zero-order valence-corrected chi connectivity index (χ0v) is 16.0. The van der Waals surface area contributed by atoms with Gasteiger partial charge in [-0.25, -0.2) is 9.18 Å². The molecule has 2 N–H and O–H groups in total. The highest BCUT2D eigenvalue weighted by Gasteiger charge is 2.28. The molecule has 5 nitrogen and oxygen atoms in total. The number of carboxylic acids is 1. The number of hydrogen-bond acceptors (Lipinski definition) is 3. The lowest BCUT2D eigenvalue weighted by atomic mass is 9.88. The Morgan fingerprint density at radius 3 is 2.39 bits per heavy atom. The number of halogens is 1. The maximum atomic E-state index is 14.1. The highest BCUT2D eigenvalue weighted by molar-refractivity contribution is 5.90. The maximum absolute atomic E-state index is 14.1. The Morgan fingerprint density at radius 1 is 1.11 bits per heavy atom. The van der Waals surface area contributed by atoms with Gasteiger partial charge in [0.05, 0.1) is 11.5 Å². The molecule has 1 aliphatic rings. The second-order valence-electron chi connectivity index (χ2n) is 7.01. The molecule has 1 amide bonds. The monoisotopic (exact) mass is 384 g/mol. The normalized spacial score (nSPS) is 15.1. The molecule has 28 heavy (non-hydrogen) atoms. The summed E-state index contributed by atoms with van der Waals surface area (Å²) in [5.41, 5.74) is 2.31. The molecule has 1 aliphatic heterocycles. The van der Waals surface area contributed by atoms with Gasteiger partial charge in [0.1, 0.15) is 5.82 Å². The van der Waals surface area contributed by atoms with Crippen molar-refractivity contribution >= 4 is 17.6 Å². The highest BCUT2D eigenvalue weighted by Crippen LogP contribution is 2.35. The maximum Gasteiger partial charge on any atom is 0.335 e. The van der Waals surface area contributed by atoms with Crippen LogP contribution in [0, 0.1) is 5.82 Å². The number of aromatic carboxylic acids is 1. The van der Waals surface area contributed by atoms with Gasteiger partial charge in [-0.2, -0.15) is 0 Å². The zero-order chi connectivity index (χ0) is 20.1. The molecule has 6 heteroatoms. The topological polar surface area (TPSA) is 69.6 Å². The molecule has 148 valence electrons. The lowest BCUT2D eigenvalue weighted by Gasteiger charge is -2.32. The van der Waals surface area contributed by atoms with Crippen molar-refractivity contribution in [1.82, 2.24) is 5.32 Å². The lowest BCUT2D eigenvalue weighted by Crippen LogP contribution is -2.34. The summed E-state index contributed by atoms with van der Waals surface area (Å²) in [4.78, 5) is 26.2. The van der Waals surface area contributed by atoms with E-state index in [-0.39, 0.29) is 17.3 Å². The molecule has 1 unspecified atom stereocenters. The molecule has 1 heterocycles. The molecule has 2 aromatic rings. The summed E-state index contributed by atoms with van der Waals surface area (Å²) in [5, 5.41) is 12.0. The van der Waals surface area contributed by atoms with Crippen LogP contribution in [0.5, 0.6) is 0 Å². The third-order valence-electron chi connectivity index (χ3n) is 5.10. The van der Waals surface area contributed by atoms with Crippen molar-refractivity contribution in [3.8, 4) is 0 Å². The Labute approximate surface area is 164 Å². The Balaban J connectivity index is 2.07. The highest BCUT2D eigenvalue weighted by atomic mass is 19.1. The number of carbonyl (C=O) groups is 2. The van der Waals surface area contributed by atoms with Crippen LogP contribution in [0.1, 0.15) is 53.6 Å². The van der Waals surface area contributed by atoms with Crippen LogP contribution in [0.4, 0.5) is 10.1 Å². The number of likely N-dealkylation sites (N-methyl/N-ethyl adjacent to an activating group) is 1.